The van der Waals surface area contributed by atoms with E-state index < -0.39 is 0 Å². The largest absolute Gasteiger partial charge is 0.370 e. The zero-order chi connectivity index (χ0) is 18.5. The number of rotatable bonds is 3. The molecule has 0 aliphatic rings. The molecule has 0 atom stereocenters. The molecule has 0 amide bonds. The Balaban J connectivity index is 1.59. The average Bonchev–Trinajstić information content (AvgIpc) is 3.38. The third kappa shape index (κ3) is 2.86. The van der Waals surface area contributed by atoms with Gasteiger partial charge in [-0.15, -0.1) is 45.3 Å². The maximum atomic E-state index is 9.68. The SMILES string of the molecule is CN(C)c1cc2sc3cc(C=C(C#N)c4nc5ccccc5s4)sc3c2s1. The Kier molecular flexibility index (Phi) is 4.02. The summed E-state index contributed by atoms with van der Waals surface area (Å²) in [4.78, 5) is 7.88. The van der Waals surface area contributed by atoms with Crippen molar-refractivity contribution in [3.8, 4) is 6.07 Å². The molecule has 0 saturated carbocycles. The van der Waals surface area contributed by atoms with Crippen molar-refractivity contribution in [3.05, 3.63) is 46.3 Å². The number of nitrogens with zero attached hydrogens (tertiary/aromatic N) is 3. The van der Waals surface area contributed by atoms with Gasteiger partial charge in [0.2, 0.25) is 0 Å². The number of hydrogen-bond donors (Lipinski definition) is 0. The van der Waals surface area contributed by atoms with Crippen LogP contribution in [0.25, 0.3) is 40.7 Å². The standard InChI is InChI=1S/C20H13N3S4/c1-23(2)17-9-16-19(27-17)18-15(25-16)8-12(24-18)7-11(10-21)20-22-13-5-3-4-6-14(13)26-20/h3-9H,1-2H3. The van der Waals surface area contributed by atoms with Crippen LogP contribution in [0.3, 0.4) is 0 Å². The van der Waals surface area contributed by atoms with E-state index in [0.717, 1.165) is 20.1 Å². The first-order valence-corrected chi connectivity index (χ1v) is 11.5. The molecule has 0 aliphatic carbocycles. The number of anilines is 1. The summed E-state index contributed by atoms with van der Waals surface area (Å²) in [5, 5.41) is 11.7. The molecule has 5 aromatic rings. The van der Waals surface area contributed by atoms with Crippen molar-refractivity contribution in [2.75, 3.05) is 19.0 Å². The predicted octanol–water partition coefficient (Wildman–Crippen LogP) is 6.92. The molecule has 4 aromatic heterocycles. The van der Waals surface area contributed by atoms with Crippen molar-refractivity contribution < 1.29 is 0 Å². The molecule has 3 nitrogen and oxygen atoms in total. The first-order valence-electron chi connectivity index (χ1n) is 8.23. The number of nitriles is 1. The lowest BCUT2D eigenvalue weighted by atomic mass is 10.2. The highest BCUT2D eigenvalue weighted by Gasteiger charge is 2.15. The third-order valence-electron chi connectivity index (χ3n) is 4.20. The van der Waals surface area contributed by atoms with Crippen LogP contribution >= 0.6 is 45.3 Å². The number of hydrogen-bond acceptors (Lipinski definition) is 7. The lowest BCUT2D eigenvalue weighted by Gasteiger charge is -2.06. The Labute approximate surface area is 172 Å². The first kappa shape index (κ1) is 16.9. The van der Waals surface area contributed by atoms with Crippen LogP contribution < -0.4 is 4.90 Å². The molecular weight excluding hydrogens is 411 g/mol. The summed E-state index contributed by atoms with van der Waals surface area (Å²) < 4.78 is 6.41. The molecule has 0 N–H and O–H groups in total. The Hall–Kier alpha value is -2.24. The van der Waals surface area contributed by atoms with Gasteiger partial charge in [-0.3, -0.25) is 0 Å². The molecule has 4 heterocycles. The van der Waals surface area contributed by atoms with Gasteiger partial charge in [0.1, 0.15) is 11.1 Å². The highest BCUT2D eigenvalue weighted by molar-refractivity contribution is 7.39. The smallest absolute Gasteiger partial charge is 0.135 e. The van der Waals surface area contributed by atoms with E-state index in [9.17, 15) is 5.26 Å². The number of thiazole rings is 1. The van der Waals surface area contributed by atoms with Crippen molar-refractivity contribution in [1.82, 2.24) is 4.98 Å². The fourth-order valence-electron chi connectivity index (χ4n) is 2.90. The predicted molar refractivity (Wildman–Crippen MR) is 123 cm³/mol. The van der Waals surface area contributed by atoms with Crippen LogP contribution in [0.15, 0.2) is 36.4 Å². The zero-order valence-electron chi connectivity index (χ0n) is 14.5. The quantitative estimate of drug-likeness (QED) is 0.296. The van der Waals surface area contributed by atoms with Crippen LogP contribution in [0.4, 0.5) is 5.00 Å². The third-order valence-corrected chi connectivity index (χ3v) is 9.16. The molecule has 0 fully saturated rings. The number of thiophene rings is 3. The first-order chi connectivity index (χ1) is 13.1. The number of benzene rings is 1. The second-order valence-corrected chi connectivity index (χ2v) is 10.5. The number of fused-ring (bicyclic) bond motifs is 4. The van der Waals surface area contributed by atoms with E-state index >= 15 is 0 Å². The van der Waals surface area contributed by atoms with Crippen LogP contribution in [-0.2, 0) is 0 Å². The zero-order valence-corrected chi connectivity index (χ0v) is 17.8. The van der Waals surface area contributed by atoms with Gasteiger partial charge in [-0.1, -0.05) is 12.1 Å². The van der Waals surface area contributed by atoms with Crippen molar-refractivity contribution in [2.45, 2.75) is 0 Å². The molecule has 0 spiro atoms. The molecule has 132 valence electrons. The molecule has 0 radical (unpaired) electrons. The number of para-hydroxylation sites is 1. The van der Waals surface area contributed by atoms with Gasteiger partial charge in [-0.25, -0.2) is 4.98 Å². The van der Waals surface area contributed by atoms with Crippen LogP contribution in [-0.4, -0.2) is 19.1 Å². The highest BCUT2D eigenvalue weighted by atomic mass is 32.1. The summed E-state index contributed by atoms with van der Waals surface area (Å²) in [6.07, 6.45) is 1.97. The summed E-state index contributed by atoms with van der Waals surface area (Å²) in [6.45, 7) is 0. The average molecular weight is 424 g/mol. The molecule has 0 saturated heterocycles. The van der Waals surface area contributed by atoms with Gasteiger partial charge in [-0.2, -0.15) is 5.26 Å². The molecule has 0 bridgehead atoms. The van der Waals surface area contributed by atoms with E-state index in [4.69, 9.17) is 0 Å². The molecule has 7 heteroatoms. The Bertz CT molecular complexity index is 1340. The second-order valence-electron chi connectivity index (χ2n) is 6.27. The molecular formula is C20H13N3S4. The fourth-order valence-corrected chi connectivity index (χ4v) is 7.73. The highest BCUT2D eigenvalue weighted by Crippen LogP contribution is 2.46. The lowest BCUT2D eigenvalue weighted by Crippen LogP contribution is -2.05. The monoisotopic (exact) mass is 423 g/mol. The van der Waals surface area contributed by atoms with Crippen molar-refractivity contribution in [3.63, 3.8) is 0 Å². The van der Waals surface area contributed by atoms with Crippen molar-refractivity contribution in [1.29, 1.82) is 5.26 Å². The summed E-state index contributed by atoms with van der Waals surface area (Å²) >= 11 is 6.98. The Morgan fingerprint density at radius 1 is 1.00 bits per heavy atom. The molecule has 0 aliphatic heterocycles. The molecule has 1 aromatic carbocycles. The fraction of sp³-hybridized carbons (Fsp3) is 0.100. The Morgan fingerprint density at radius 2 is 1.78 bits per heavy atom. The normalized spacial score (nSPS) is 12.3. The van der Waals surface area contributed by atoms with E-state index in [-0.39, 0.29) is 0 Å². The van der Waals surface area contributed by atoms with E-state index in [1.54, 1.807) is 22.7 Å². The molecule has 5 rings (SSSR count). The van der Waals surface area contributed by atoms with Crippen LogP contribution in [0.2, 0.25) is 0 Å². The maximum Gasteiger partial charge on any atom is 0.135 e. The number of aromatic nitrogens is 1. The Morgan fingerprint density at radius 3 is 2.56 bits per heavy atom. The minimum atomic E-state index is 0.626. The van der Waals surface area contributed by atoms with Crippen LogP contribution in [0, 0.1) is 11.3 Å². The second kappa shape index (κ2) is 6.43. The topological polar surface area (TPSA) is 39.9 Å². The van der Waals surface area contributed by atoms with Gasteiger partial charge in [0.15, 0.2) is 0 Å². The molecule has 27 heavy (non-hydrogen) atoms. The number of allylic oxidation sites excluding steroid dienone is 1. The summed E-state index contributed by atoms with van der Waals surface area (Å²) in [6, 6.07) is 14.8. The van der Waals surface area contributed by atoms with Gasteiger partial charge < -0.3 is 4.90 Å². The maximum absolute atomic E-state index is 9.68. The van der Waals surface area contributed by atoms with E-state index in [0.29, 0.717) is 5.57 Å². The lowest BCUT2D eigenvalue weighted by molar-refractivity contribution is 1.16. The van der Waals surface area contributed by atoms with E-state index in [1.807, 2.05) is 53.0 Å². The van der Waals surface area contributed by atoms with Gasteiger partial charge in [0, 0.05) is 28.4 Å². The molecule has 0 unspecified atom stereocenters. The van der Waals surface area contributed by atoms with Crippen molar-refractivity contribution in [2.24, 2.45) is 0 Å². The van der Waals surface area contributed by atoms with Gasteiger partial charge in [0.25, 0.3) is 0 Å². The summed E-state index contributed by atoms with van der Waals surface area (Å²) in [5.74, 6) is 0. The van der Waals surface area contributed by atoms with E-state index in [1.165, 1.54) is 23.8 Å². The van der Waals surface area contributed by atoms with Crippen LogP contribution in [0.1, 0.15) is 9.88 Å². The van der Waals surface area contributed by atoms with Gasteiger partial charge >= 0.3 is 0 Å². The minimum Gasteiger partial charge on any atom is -0.370 e. The summed E-state index contributed by atoms with van der Waals surface area (Å²) in [5.41, 5.74) is 1.57. The van der Waals surface area contributed by atoms with Crippen molar-refractivity contribution >= 4 is 91.0 Å². The van der Waals surface area contributed by atoms with E-state index in [2.05, 4.69) is 42.2 Å². The summed E-state index contributed by atoms with van der Waals surface area (Å²) in [7, 11) is 4.15. The van der Waals surface area contributed by atoms with Gasteiger partial charge in [0.05, 0.1) is 30.2 Å². The van der Waals surface area contributed by atoms with Crippen LogP contribution in [0.5, 0.6) is 0 Å². The minimum absolute atomic E-state index is 0.626. The van der Waals surface area contributed by atoms with Gasteiger partial charge in [-0.05, 0) is 30.3 Å².